The monoisotopic (exact) mass is 793 g/mol. The van der Waals surface area contributed by atoms with E-state index in [1.807, 2.05) is 0 Å². The first-order chi connectivity index (χ1) is 26.9. The summed E-state index contributed by atoms with van der Waals surface area (Å²) in [6.45, 7) is 19.6. The molecule has 324 valence electrons. The van der Waals surface area contributed by atoms with Crippen molar-refractivity contribution in [3.8, 4) is 0 Å². The second-order valence-corrected chi connectivity index (χ2v) is 24.0. The van der Waals surface area contributed by atoms with Crippen LogP contribution in [0.5, 0.6) is 0 Å². The van der Waals surface area contributed by atoms with Crippen molar-refractivity contribution in [2.75, 3.05) is 0 Å². The molecule has 0 saturated heterocycles. The van der Waals surface area contributed by atoms with Crippen LogP contribution in [0.3, 0.4) is 0 Å². The van der Waals surface area contributed by atoms with Crippen molar-refractivity contribution in [1.82, 2.24) is 0 Å². The van der Waals surface area contributed by atoms with Crippen LogP contribution in [-0.2, 0) is 4.79 Å². The predicted octanol–water partition coefficient (Wildman–Crippen LogP) is 10.3. The quantitative estimate of drug-likeness (QED) is 0.141. The van der Waals surface area contributed by atoms with Gasteiger partial charge in [0.2, 0.25) is 0 Å². The van der Waals surface area contributed by atoms with Crippen molar-refractivity contribution in [1.29, 1.82) is 0 Å². The van der Waals surface area contributed by atoms with E-state index >= 15 is 0 Å². The number of aliphatic hydroxyl groups excluding tert-OH is 4. The Morgan fingerprint density at radius 1 is 0.702 bits per heavy atom. The number of aliphatic carboxylic acids is 1. The summed E-state index contributed by atoms with van der Waals surface area (Å²) in [5.41, 5.74) is 1.39. The highest BCUT2D eigenvalue weighted by atomic mass is 16.4. The van der Waals surface area contributed by atoms with Crippen LogP contribution in [0, 0.1) is 105 Å². The molecule has 21 atom stereocenters. The maximum atomic E-state index is 12.5. The first kappa shape index (κ1) is 42.7. The third kappa shape index (κ3) is 6.61. The van der Waals surface area contributed by atoms with E-state index in [2.05, 4.69) is 61.5 Å². The summed E-state index contributed by atoms with van der Waals surface area (Å²) in [7, 11) is 0. The Hall–Kier alpha value is -0.950. The second-order valence-electron chi connectivity index (χ2n) is 24.0. The lowest BCUT2D eigenvalue weighted by Crippen LogP contribution is -2.66. The summed E-state index contributed by atoms with van der Waals surface area (Å²) in [5.74, 6) is 5.20. The van der Waals surface area contributed by atoms with Gasteiger partial charge in [0.1, 0.15) is 0 Å². The molecule has 0 spiro atoms. The molecule has 0 radical (unpaired) electrons. The number of allylic oxidation sites excluding steroid dienone is 1. The number of carboxylic acids is 1. The fourth-order valence-electron chi connectivity index (χ4n) is 18.8. The van der Waals surface area contributed by atoms with E-state index in [0.29, 0.717) is 36.5 Å². The number of carbonyl (C=O) groups is 1. The Bertz CT molecular complexity index is 1510. The molecule has 8 rings (SSSR count). The average Bonchev–Trinajstić information content (AvgIpc) is 3.69. The molecule has 0 heterocycles. The Morgan fingerprint density at radius 3 is 2.11 bits per heavy atom. The molecule has 6 nitrogen and oxygen atoms in total. The van der Waals surface area contributed by atoms with Crippen molar-refractivity contribution >= 4 is 5.97 Å². The lowest BCUT2D eigenvalue weighted by molar-refractivity contribution is -0.238. The van der Waals surface area contributed by atoms with Gasteiger partial charge < -0.3 is 25.5 Å². The van der Waals surface area contributed by atoms with Crippen molar-refractivity contribution in [3.05, 3.63) is 11.6 Å². The first-order valence-corrected chi connectivity index (χ1v) is 24.5. The average molecular weight is 793 g/mol. The van der Waals surface area contributed by atoms with Crippen LogP contribution in [0.4, 0.5) is 0 Å². The van der Waals surface area contributed by atoms with E-state index in [1.165, 1.54) is 50.5 Å². The number of hydrogen-bond acceptors (Lipinski definition) is 5. The SMILES string of the molecule is CC(C)CCC[C@@H](C)[C@H]1CC[C@H]2[C@@H]3CC=C4C[C@@H](O)CC(C5CC(O)CC6CC(O)C7C8CCC(C(C)CCC(=O)O)C8(C)C(O)CC7C65C)[C@@]4(C)[C@H]3CC[C@]12C. The molecule has 8 aliphatic carbocycles. The number of aliphatic hydroxyl groups is 4. The maximum Gasteiger partial charge on any atom is 0.303 e. The molecular weight excluding hydrogens is 709 g/mol. The van der Waals surface area contributed by atoms with Gasteiger partial charge in [0, 0.05) is 6.42 Å². The van der Waals surface area contributed by atoms with E-state index in [-0.39, 0.29) is 76.1 Å². The Kier molecular flexibility index (Phi) is 11.6. The van der Waals surface area contributed by atoms with Gasteiger partial charge in [-0.3, -0.25) is 4.79 Å². The summed E-state index contributed by atoms with van der Waals surface area (Å²) in [5, 5.41) is 57.9. The van der Waals surface area contributed by atoms with Crippen LogP contribution < -0.4 is 0 Å². The van der Waals surface area contributed by atoms with Gasteiger partial charge in [-0.25, -0.2) is 0 Å². The molecule has 0 amide bonds. The standard InChI is InChI=1S/C51H84O6/c1-28(2)10-9-11-29(3)36-15-17-38-35-14-13-31-22-33(52)25-41(49(31,6)39(35)20-21-48(36,38)5)42-26-34(53)23-32-24-44(54)47-40-18-16-37(30(4)12-19-46(56)57)51(40,8)45(55)27-43(47)50(32,42)7/h13,28-30,32-45,47,52-55H,9-12,14-27H2,1-8H3,(H,56,57)/t29-,30?,32?,33-,34?,35+,36-,37?,38+,39+,40?,41?,42?,43?,44?,45?,47?,48-,49-,50?,51?/m1/s1. The third-order valence-electron chi connectivity index (χ3n) is 21.5. The smallest absolute Gasteiger partial charge is 0.303 e. The van der Waals surface area contributed by atoms with Crippen LogP contribution in [0.25, 0.3) is 0 Å². The lowest BCUT2D eigenvalue weighted by Gasteiger charge is -2.69. The minimum atomic E-state index is -0.751. The van der Waals surface area contributed by atoms with Crippen molar-refractivity contribution in [3.63, 3.8) is 0 Å². The minimum Gasteiger partial charge on any atom is -0.481 e. The van der Waals surface area contributed by atoms with Crippen molar-refractivity contribution in [2.24, 2.45) is 105 Å². The van der Waals surface area contributed by atoms with Crippen LogP contribution in [-0.4, -0.2) is 55.9 Å². The van der Waals surface area contributed by atoms with E-state index in [9.17, 15) is 30.3 Å². The van der Waals surface area contributed by atoms with E-state index < -0.39 is 24.3 Å². The van der Waals surface area contributed by atoms with Gasteiger partial charge in [0.15, 0.2) is 0 Å². The molecule has 0 aromatic rings. The molecule has 0 aromatic carbocycles. The molecule has 8 aliphatic rings. The Labute approximate surface area is 346 Å². The zero-order chi connectivity index (χ0) is 41.0. The number of hydrogen-bond donors (Lipinski definition) is 5. The highest BCUT2D eigenvalue weighted by Crippen LogP contribution is 2.74. The molecular formula is C51H84O6. The minimum absolute atomic E-state index is 0.0227. The van der Waals surface area contributed by atoms with Crippen LogP contribution in [0.2, 0.25) is 0 Å². The van der Waals surface area contributed by atoms with Gasteiger partial charge in [-0.2, -0.15) is 0 Å². The highest BCUT2D eigenvalue weighted by Gasteiger charge is 2.70. The Balaban J connectivity index is 1.11. The van der Waals surface area contributed by atoms with Crippen molar-refractivity contribution in [2.45, 2.75) is 195 Å². The molecule has 57 heavy (non-hydrogen) atoms. The van der Waals surface area contributed by atoms with Gasteiger partial charge in [-0.15, -0.1) is 0 Å². The van der Waals surface area contributed by atoms with Crippen LogP contribution in [0.1, 0.15) is 171 Å². The molecule has 0 bridgehead atoms. The highest BCUT2D eigenvalue weighted by molar-refractivity contribution is 5.66. The van der Waals surface area contributed by atoms with E-state index in [4.69, 9.17) is 0 Å². The summed E-state index contributed by atoms with van der Waals surface area (Å²) >= 11 is 0. The van der Waals surface area contributed by atoms with Gasteiger partial charge >= 0.3 is 5.97 Å². The van der Waals surface area contributed by atoms with E-state index in [0.717, 1.165) is 68.6 Å². The van der Waals surface area contributed by atoms with Crippen LogP contribution in [0.15, 0.2) is 11.6 Å². The molecule has 6 heteroatoms. The summed E-state index contributed by atoms with van der Waals surface area (Å²) in [6, 6.07) is 0. The van der Waals surface area contributed by atoms with Gasteiger partial charge in [0.05, 0.1) is 24.4 Å². The third-order valence-corrected chi connectivity index (χ3v) is 21.5. The fraction of sp³-hybridized carbons (Fsp3) is 0.941. The zero-order valence-electron chi connectivity index (χ0n) is 37.3. The zero-order valence-corrected chi connectivity index (χ0v) is 37.3. The van der Waals surface area contributed by atoms with Gasteiger partial charge in [0.25, 0.3) is 0 Å². The summed E-state index contributed by atoms with van der Waals surface area (Å²) in [4.78, 5) is 11.6. The second kappa shape index (κ2) is 15.4. The molecule has 13 unspecified atom stereocenters. The predicted molar refractivity (Wildman–Crippen MR) is 227 cm³/mol. The molecule has 7 fully saturated rings. The molecule has 0 aromatic heterocycles. The van der Waals surface area contributed by atoms with E-state index in [1.54, 1.807) is 0 Å². The topological polar surface area (TPSA) is 118 Å². The normalized spacial score (nSPS) is 52.7. The molecule has 7 saturated carbocycles. The maximum absolute atomic E-state index is 12.5. The lowest BCUT2D eigenvalue weighted by atomic mass is 9.36. The largest absolute Gasteiger partial charge is 0.481 e. The van der Waals surface area contributed by atoms with Crippen molar-refractivity contribution < 1.29 is 30.3 Å². The number of rotatable bonds is 10. The summed E-state index contributed by atoms with van der Waals surface area (Å²) < 4.78 is 0. The Morgan fingerprint density at radius 2 is 1.39 bits per heavy atom. The molecule has 0 aliphatic heterocycles. The molecule has 5 N–H and O–H groups in total. The first-order valence-electron chi connectivity index (χ1n) is 24.5. The van der Waals surface area contributed by atoms with Gasteiger partial charge in [-0.1, -0.05) is 86.3 Å². The fourth-order valence-corrected chi connectivity index (χ4v) is 18.8. The van der Waals surface area contributed by atoms with Gasteiger partial charge in [-0.05, 0) is 194 Å². The summed E-state index contributed by atoms with van der Waals surface area (Å²) in [6.07, 6.45) is 18.6. The number of fused-ring (bicyclic) bond motifs is 10. The van der Waals surface area contributed by atoms with Crippen LogP contribution >= 0.6 is 0 Å². The number of carboxylic acid groups (broad SMARTS) is 1.